The van der Waals surface area contributed by atoms with E-state index in [2.05, 4.69) is 21.1 Å². The molecule has 0 aliphatic rings. The highest BCUT2D eigenvalue weighted by atomic mass is 79.9. The maximum absolute atomic E-state index is 10.7. The van der Waals surface area contributed by atoms with Gasteiger partial charge < -0.3 is 0 Å². The molecule has 0 fully saturated rings. The van der Waals surface area contributed by atoms with Gasteiger partial charge in [0.2, 0.25) is 9.05 Å². The van der Waals surface area contributed by atoms with Gasteiger partial charge in [0.25, 0.3) is 0 Å². The SMILES string of the molecule is O=Nc1cc(CS(=O)(=O)Cl)ccc1Br. The monoisotopic (exact) mass is 297 g/mol. The molecule has 0 atom stereocenters. The molecule has 1 aromatic rings. The number of benzene rings is 1. The Hall–Kier alpha value is -0.460. The van der Waals surface area contributed by atoms with Crippen molar-refractivity contribution >= 4 is 41.4 Å². The lowest BCUT2D eigenvalue weighted by molar-refractivity contribution is 0.609. The molecular formula is C7H5BrClNO3S. The highest BCUT2D eigenvalue weighted by molar-refractivity contribution is 9.10. The normalized spacial score (nSPS) is 11.3. The van der Waals surface area contributed by atoms with E-state index >= 15 is 0 Å². The largest absolute Gasteiger partial charge is 0.236 e. The molecule has 0 aliphatic heterocycles. The van der Waals surface area contributed by atoms with Crippen LogP contribution in [0.2, 0.25) is 0 Å². The van der Waals surface area contributed by atoms with Gasteiger partial charge in [-0.25, -0.2) is 8.42 Å². The maximum Gasteiger partial charge on any atom is 0.236 e. The molecule has 1 rings (SSSR count). The number of rotatable bonds is 3. The summed E-state index contributed by atoms with van der Waals surface area (Å²) in [6.45, 7) is 0. The molecule has 0 N–H and O–H groups in total. The third-order valence-corrected chi connectivity index (χ3v) is 3.12. The van der Waals surface area contributed by atoms with Crippen LogP contribution in [0.4, 0.5) is 5.69 Å². The molecule has 76 valence electrons. The van der Waals surface area contributed by atoms with Crippen molar-refractivity contribution in [1.29, 1.82) is 0 Å². The van der Waals surface area contributed by atoms with Gasteiger partial charge in [-0.3, -0.25) is 0 Å². The summed E-state index contributed by atoms with van der Waals surface area (Å²) >= 11 is 3.09. The minimum absolute atomic E-state index is 0.155. The van der Waals surface area contributed by atoms with Gasteiger partial charge in [-0.2, -0.15) is 0 Å². The maximum atomic E-state index is 10.7. The first-order valence-electron chi connectivity index (χ1n) is 3.46. The molecule has 0 saturated heterocycles. The zero-order chi connectivity index (χ0) is 10.8. The minimum Gasteiger partial charge on any atom is -0.212 e. The lowest BCUT2D eigenvalue weighted by Crippen LogP contribution is -1.94. The van der Waals surface area contributed by atoms with Crippen LogP contribution in [0.1, 0.15) is 5.56 Å². The van der Waals surface area contributed by atoms with Crippen LogP contribution in [-0.4, -0.2) is 8.42 Å². The van der Waals surface area contributed by atoms with E-state index in [-0.39, 0.29) is 11.4 Å². The molecule has 0 aromatic heterocycles. The second kappa shape index (κ2) is 4.37. The molecule has 0 unspecified atom stereocenters. The van der Waals surface area contributed by atoms with E-state index in [1.807, 2.05) is 0 Å². The topological polar surface area (TPSA) is 63.6 Å². The standard InChI is InChI=1S/C7H5BrClNO3S/c8-6-2-1-5(3-7(6)10-11)4-14(9,12)13/h1-3H,4H2. The molecule has 0 saturated carbocycles. The Morgan fingerprint density at radius 2 is 2.07 bits per heavy atom. The Morgan fingerprint density at radius 1 is 1.43 bits per heavy atom. The Labute approximate surface area is 93.8 Å². The van der Waals surface area contributed by atoms with Crippen molar-refractivity contribution in [3.05, 3.63) is 33.1 Å². The third kappa shape index (κ3) is 3.36. The molecule has 0 radical (unpaired) electrons. The molecule has 7 heteroatoms. The fourth-order valence-electron chi connectivity index (χ4n) is 0.917. The smallest absolute Gasteiger partial charge is 0.212 e. The van der Waals surface area contributed by atoms with E-state index in [0.29, 0.717) is 10.0 Å². The number of nitroso groups, excluding NO2 is 1. The van der Waals surface area contributed by atoms with Crippen molar-refractivity contribution in [2.45, 2.75) is 5.75 Å². The van der Waals surface area contributed by atoms with Gasteiger partial charge in [0.05, 0.1) is 5.75 Å². The first kappa shape index (κ1) is 11.6. The zero-order valence-electron chi connectivity index (χ0n) is 6.78. The van der Waals surface area contributed by atoms with Crippen LogP contribution in [0.3, 0.4) is 0 Å². The molecule has 4 nitrogen and oxygen atoms in total. The van der Waals surface area contributed by atoms with Crippen LogP contribution >= 0.6 is 26.6 Å². The molecule has 0 bridgehead atoms. The number of hydrogen-bond acceptors (Lipinski definition) is 4. The molecule has 0 heterocycles. The second-order valence-corrected chi connectivity index (χ2v) is 6.19. The highest BCUT2D eigenvalue weighted by Crippen LogP contribution is 2.27. The molecule has 1 aromatic carbocycles. The number of halogens is 2. The Balaban J connectivity index is 3.07. The van der Waals surface area contributed by atoms with Crippen molar-refractivity contribution in [3.8, 4) is 0 Å². The predicted molar refractivity (Wildman–Crippen MR) is 58.1 cm³/mol. The van der Waals surface area contributed by atoms with Crippen LogP contribution in [0.25, 0.3) is 0 Å². The van der Waals surface area contributed by atoms with Crippen LogP contribution in [0.5, 0.6) is 0 Å². The lowest BCUT2D eigenvalue weighted by Gasteiger charge is -1.99. The van der Waals surface area contributed by atoms with E-state index in [1.54, 1.807) is 12.1 Å². The van der Waals surface area contributed by atoms with Crippen molar-refractivity contribution in [2.24, 2.45) is 5.18 Å². The van der Waals surface area contributed by atoms with Gasteiger partial charge >= 0.3 is 0 Å². The fraction of sp³-hybridized carbons (Fsp3) is 0.143. The number of hydrogen-bond donors (Lipinski definition) is 0. The van der Waals surface area contributed by atoms with Crippen LogP contribution in [0, 0.1) is 4.91 Å². The first-order valence-corrected chi connectivity index (χ1v) is 6.73. The van der Waals surface area contributed by atoms with E-state index in [0.717, 1.165) is 0 Å². The van der Waals surface area contributed by atoms with Gasteiger partial charge in [0, 0.05) is 15.2 Å². The van der Waals surface area contributed by atoms with Crippen LogP contribution < -0.4 is 0 Å². The molecule has 0 aliphatic carbocycles. The van der Waals surface area contributed by atoms with Gasteiger partial charge in [-0.05, 0) is 38.8 Å². The summed E-state index contributed by atoms with van der Waals surface area (Å²) in [4.78, 5) is 10.3. The number of nitrogens with zero attached hydrogens (tertiary/aromatic N) is 1. The van der Waals surface area contributed by atoms with E-state index in [4.69, 9.17) is 10.7 Å². The van der Waals surface area contributed by atoms with Gasteiger partial charge in [-0.15, -0.1) is 4.91 Å². The Kier molecular flexibility index (Phi) is 3.63. The summed E-state index contributed by atoms with van der Waals surface area (Å²) in [5.74, 6) is -0.315. The molecule has 0 spiro atoms. The highest BCUT2D eigenvalue weighted by Gasteiger charge is 2.09. The quantitative estimate of drug-likeness (QED) is 0.636. The Bertz CT molecular complexity index is 460. The predicted octanol–water partition coefficient (Wildman–Crippen LogP) is 2.92. The van der Waals surface area contributed by atoms with E-state index in [1.165, 1.54) is 6.07 Å². The van der Waals surface area contributed by atoms with Gasteiger partial charge in [-0.1, -0.05) is 6.07 Å². The lowest BCUT2D eigenvalue weighted by atomic mass is 10.2. The molecular weight excluding hydrogens is 294 g/mol. The molecule has 14 heavy (non-hydrogen) atoms. The average molecular weight is 299 g/mol. The van der Waals surface area contributed by atoms with Crippen molar-refractivity contribution in [2.75, 3.05) is 0 Å². The van der Waals surface area contributed by atoms with Gasteiger partial charge in [0.15, 0.2) is 0 Å². The van der Waals surface area contributed by atoms with Crippen LogP contribution in [0.15, 0.2) is 27.8 Å². The minimum atomic E-state index is -3.60. The van der Waals surface area contributed by atoms with Gasteiger partial charge in [0.1, 0.15) is 5.69 Å². The molecule has 0 amide bonds. The summed E-state index contributed by atoms with van der Waals surface area (Å²) < 4.78 is 22.0. The average Bonchev–Trinajstić information content (AvgIpc) is 2.06. The van der Waals surface area contributed by atoms with Crippen molar-refractivity contribution < 1.29 is 8.42 Å². The summed E-state index contributed by atoms with van der Waals surface area (Å²) in [5, 5.41) is 2.73. The third-order valence-electron chi connectivity index (χ3n) is 1.45. The van der Waals surface area contributed by atoms with E-state index in [9.17, 15) is 13.3 Å². The van der Waals surface area contributed by atoms with Crippen molar-refractivity contribution in [1.82, 2.24) is 0 Å². The fourth-order valence-corrected chi connectivity index (χ4v) is 2.19. The second-order valence-electron chi connectivity index (χ2n) is 2.56. The van der Waals surface area contributed by atoms with Crippen LogP contribution in [-0.2, 0) is 14.8 Å². The van der Waals surface area contributed by atoms with E-state index < -0.39 is 9.05 Å². The van der Waals surface area contributed by atoms with Crippen molar-refractivity contribution in [3.63, 3.8) is 0 Å². The summed E-state index contributed by atoms with van der Waals surface area (Å²) in [7, 11) is 1.45. The zero-order valence-corrected chi connectivity index (χ0v) is 9.93. The summed E-state index contributed by atoms with van der Waals surface area (Å²) in [6.07, 6.45) is 0. The summed E-state index contributed by atoms with van der Waals surface area (Å²) in [5.41, 5.74) is 0.584. The summed E-state index contributed by atoms with van der Waals surface area (Å²) in [6, 6.07) is 4.48. The first-order chi connectivity index (χ1) is 6.42. The Morgan fingerprint density at radius 3 is 2.57 bits per heavy atom.